The van der Waals surface area contributed by atoms with E-state index in [1.807, 2.05) is 24.3 Å². The van der Waals surface area contributed by atoms with Crippen LogP contribution in [-0.4, -0.2) is 20.1 Å². The molecule has 0 saturated heterocycles. The SMILES string of the molecule is CN(C(=O)N(C)c1ccccc1Cl)c1ccccc1Cl. The zero-order valence-corrected chi connectivity index (χ0v) is 12.7. The molecular formula is C15H14Cl2N2O. The predicted molar refractivity (Wildman–Crippen MR) is 85.1 cm³/mol. The Morgan fingerprint density at radius 2 is 1.15 bits per heavy atom. The third-order valence-corrected chi connectivity index (χ3v) is 3.64. The van der Waals surface area contributed by atoms with Gasteiger partial charge in [-0.05, 0) is 24.3 Å². The minimum atomic E-state index is -0.216. The van der Waals surface area contributed by atoms with Gasteiger partial charge in [0.1, 0.15) is 0 Å². The Morgan fingerprint density at radius 1 is 0.800 bits per heavy atom. The van der Waals surface area contributed by atoms with Crippen molar-refractivity contribution in [3.63, 3.8) is 0 Å². The number of anilines is 2. The van der Waals surface area contributed by atoms with Crippen molar-refractivity contribution < 1.29 is 4.79 Å². The molecular weight excluding hydrogens is 295 g/mol. The van der Waals surface area contributed by atoms with Crippen LogP contribution in [0.5, 0.6) is 0 Å². The molecule has 0 aliphatic rings. The lowest BCUT2D eigenvalue weighted by Gasteiger charge is -2.26. The molecule has 0 heterocycles. The standard InChI is InChI=1S/C15H14Cl2N2O/c1-18(13-9-5-3-7-11(13)16)15(20)19(2)14-10-6-4-8-12(14)17/h3-10H,1-2H3. The molecule has 0 N–H and O–H groups in total. The van der Waals surface area contributed by atoms with E-state index in [0.29, 0.717) is 21.4 Å². The zero-order valence-electron chi connectivity index (χ0n) is 11.2. The summed E-state index contributed by atoms with van der Waals surface area (Å²) in [5.41, 5.74) is 1.30. The molecule has 0 saturated carbocycles. The van der Waals surface area contributed by atoms with Crippen molar-refractivity contribution in [1.82, 2.24) is 0 Å². The van der Waals surface area contributed by atoms with E-state index >= 15 is 0 Å². The van der Waals surface area contributed by atoms with Crippen LogP contribution in [0.4, 0.5) is 16.2 Å². The van der Waals surface area contributed by atoms with Gasteiger partial charge in [-0.1, -0.05) is 47.5 Å². The summed E-state index contributed by atoms with van der Waals surface area (Å²) in [4.78, 5) is 15.5. The number of hydrogen-bond acceptors (Lipinski definition) is 1. The summed E-state index contributed by atoms with van der Waals surface area (Å²) in [7, 11) is 3.35. The fourth-order valence-corrected chi connectivity index (χ4v) is 2.40. The smallest absolute Gasteiger partial charge is 0.296 e. The monoisotopic (exact) mass is 308 g/mol. The summed E-state index contributed by atoms with van der Waals surface area (Å²) in [6.07, 6.45) is 0. The van der Waals surface area contributed by atoms with E-state index in [2.05, 4.69) is 0 Å². The van der Waals surface area contributed by atoms with Crippen LogP contribution in [-0.2, 0) is 0 Å². The van der Waals surface area contributed by atoms with Crippen LogP contribution >= 0.6 is 23.2 Å². The number of amides is 2. The maximum absolute atomic E-state index is 12.5. The van der Waals surface area contributed by atoms with Crippen molar-refractivity contribution in [1.29, 1.82) is 0 Å². The highest BCUT2D eigenvalue weighted by atomic mass is 35.5. The topological polar surface area (TPSA) is 23.6 Å². The van der Waals surface area contributed by atoms with Crippen molar-refractivity contribution >= 4 is 40.6 Å². The summed E-state index contributed by atoms with van der Waals surface area (Å²) in [5.74, 6) is 0. The molecule has 2 rings (SSSR count). The molecule has 0 unspecified atom stereocenters. The van der Waals surface area contributed by atoms with Gasteiger partial charge in [-0.2, -0.15) is 0 Å². The van der Waals surface area contributed by atoms with Gasteiger partial charge >= 0.3 is 6.03 Å². The maximum Gasteiger partial charge on any atom is 0.328 e. The summed E-state index contributed by atoms with van der Waals surface area (Å²) in [6, 6.07) is 14.2. The van der Waals surface area contributed by atoms with Crippen molar-refractivity contribution in [2.24, 2.45) is 0 Å². The van der Waals surface area contributed by atoms with Gasteiger partial charge in [0.05, 0.1) is 21.4 Å². The highest BCUT2D eigenvalue weighted by Gasteiger charge is 2.20. The van der Waals surface area contributed by atoms with E-state index in [9.17, 15) is 4.79 Å². The van der Waals surface area contributed by atoms with Gasteiger partial charge in [0, 0.05) is 14.1 Å². The Labute approximate surface area is 128 Å². The third kappa shape index (κ3) is 2.89. The Balaban J connectivity index is 2.28. The lowest BCUT2D eigenvalue weighted by Crippen LogP contribution is -2.39. The second-order valence-corrected chi connectivity index (χ2v) is 5.12. The van der Waals surface area contributed by atoms with Crippen LogP contribution in [0.25, 0.3) is 0 Å². The predicted octanol–water partition coefficient (Wildman–Crippen LogP) is 4.69. The Morgan fingerprint density at radius 3 is 1.50 bits per heavy atom. The van der Waals surface area contributed by atoms with Crippen LogP contribution in [0.1, 0.15) is 0 Å². The van der Waals surface area contributed by atoms with Gasteiger partial charge in [0.15, 0.2) is 0 Å². The first kappa shape index (κ1) is 14.7. The molecule has 0 spiro atoms. The molecule has 3 nitrogen and oxygen atoms in total. The molecule has 5 heteroatoms. The van der Waals surface area contributed by atoms with Crippen molar-refractivity contribution in [2.75, 3.05) is 23.9 Å². The van der Waals surface area contributed by atoms with Gasteiger partial charge in [-0.15, -0.1) is 0 Å². The van der Waals surface area contributed by atoms with Gasteiger partial charge in [-0.3, -0.25) is 9.80 Å². The molecule has 0 aliphatic heterocycles. The molecule has 104 valence electrons. The molecule has 0 aromatic heterocycles. The molecule has 0 fully saturated rings. The fourth-order valence-electron chi connectivity index (χ4n) is 1.88. The number of urea groups is 1. The highest BCUT2D eigenvalue weighted by molar-refractivity contribution is 6.35. The van der Waals surface area contributed by atoms with Gasteiger partial charge in [0.25, 0.3) is 0 Å². The number of para-hydroxylation sites is 2. The average molecular weight is 309 g/mol. The molecule has 0 radical (unpaired) electrons. The quantitative estimate of drug-likeness (QED) is 0.789. The summed E-state index contributed by atoms with van der Waals surface area (Å²) in [6.45, 7) is 0. The Bertz CT molecular complexity index is 577. The van der Waals surface area contributed by atoms with Crippen LogP contribution in [0.3, 0.4) is 0 Å². The summed E-state index contributed by atoms with van der Waals surface area (Å²) in [5, 5.41) is 1.05. The van der Waals surface area contributed by atoms with E-state index < -0.39 is 0 Å². The lowest BCUT2D eigenvalue weighted by atomic mass is 10.3. The molecule has 2 aromatic rings. The van der Waals surface area contributed by atoms with Gasteiger partial charge < -0.3 is 0 Å². The first-order chi connectivity index (χ1) is 9.52. The number of carbonyl (C=O) groups is 1. The molecule has 2 amide bonds. The largest absolute Gasteiger partial charge is 0.328 e. The fraction of sp³-hybridized carbons (Fsp3) is 0.133. The normalized spacial score (nSPS) is 10.2. The van der Waals surface area contributed by atoms with E-state index in [4.69, 9.17) is 23.2 Å². The second-order valence-electron chi connectivity index (χ2n) is 4.30. The zero-order chi connectivity index (χ0) is 14.7. The number of halogens is 2. The minimum absolute atomic E-state index is 0.216. The number of carbonyl (C=O) groups excluding carboxylic acids is 1. The van der Waals surface area contributed by atoms with Crippen LogP contribution < -0.4 is 9.80 Å². The van der Waals surface area contributed by atoms with E-state index in [1.54, 1.807) is 38.4 Å². The maximum atomic E-state index is 12.5. The van der Waals surface area contributed by atoms with Crippen molar-refractivity contribution in [3.8, 4) is 0 Å². The van der Waals surface area contributed by atoms with Gasteiger partial charge in [0.2, 0.25) is 0 Å². The second kappa shape index (κ2) is 6.16. The molecule has 0 atom stereocenters. The van der Waals surface area contributed by atoms with E-state index in [1.165, 1.54) is 9.80 Å². The summed E-state index contributed by atoms with van der Waals surface area (Å²) < 4.78 is 0. The van der Waals surface area contributed by atoms with Crippen molar-refractivity contribution in [2.45, 2.75) is 0 Å². The average Bonchev–Trinajstić information content (AvgIpc) is 2.46. The molecule has 0 aliphatic carbocycles. The van der Waals surface area contributed by atoms with Gasteiger partial charge in [-0.25, -0.2) is 4.79 Å². The minimum Gasteiger partial charge on any atom is -0.296 e. The van der Waals surface area contributed by atoms with Crippen molar-refractivity contribution in [3.05, 3.63) is 58.6 Å². The van der Waals surface area contributed by atoms with E-state index in [0.717, 1.165) is 0 Å². The molecule has 20 heavy (non-hydrogen) atoms. The lowest BCUT2D eigenvalue weighted by molar-refractivity contribution is 0.253. The first-order valence-corrected chi connectivity index (χ1v) is 6.78. The van der Waals surface area contributed by atoms with Crippen LogP contribution in [0, 0.1) is 0 Å². The number of hydrogen-bond donors (Lipinski definition) is 0. The van der Waals surface area contributed by atoms with E-state index in [-0.39, 0.29) is 6.03 Å². The number of benzene rings is 2. The Kier molecular flexibility index (Phi) is 4.53. The first-order valence-electron chi connectivity index (χ1n) is 6.03. The molecule has 0 bridgehead atoms. The number of nitrogens with zero attached hydrogens (tertiary/aromatic N) is 2. The summed E-state index contributed by atoms with van der Waals surface area (Å²) >= 11 is 12.2. The molecule has 2 aromatic carbocycles. The van der Waals surface area contributed by atoms with Crippen LogP contribution in [0.15, 0.2) is 48.5 Å². The Hall–Kier alpha value is -1.71. The van der Waals surface area contributed by atoms with Crippen LogP contribution in [0.2, 0.25) is 10.0 Å². The highest BCUT2D eigenvalue weighted by Crippen LogP contribution is 2.28. The third-order valence-electron chi connectivity index (χ3n) is 3.00. The number of rotatable bonds is 2.